The fourth-order valence-electron chi connectivity index (χ4n) is 0. The van der Waals surface area contributed by atoms with Crippen molar-refractivity contribution < 1.29 is 17.7 Å². The summed E-state index contributed by atoms with van der Waals surface area (Å²) < 4.78 is 23.1. The Kier molecular flexibility index (Phi) is 24.9. The molecule has 0 unspecified atom stereocenters. The van der Waals surface area contributed by atoms with Gasteiger partial charge < -0.3 is 5.48 Å². The average molecular weight is 171 g/mol. The predicted molar refractivity (Wildman–Crippen MR) is 21.6 cm³/mol. The molecule has 4 N–H and O–H groups in total. The van der Waals surface area contributed by atoms with Gasteiger partial charge in [0.1, 0.15) is 0 Å². The second-order valence-electron chi connectivity index (χ2n) is 0.231. The summed E-state index contributed by atoms with van der Waals surface area (Å²) in [6.45, 7) is 0. The average Bonchev–Trinajstić information content (AvgIpc) is 0.811. The molecule has 0 bridgehead atoms. The van der Waals surface area contributed by atoms with Gasteiger partial charge in [0.15, 0.2) is 0 Å². The van der Waals surface area contributed by atoms with Crippen LogP contribution in [-0.4, -0.2) is 57.9 Å². The van der Waals surface area contributed by atoms with E-state index in [9.17, 15) is 0 Å². The van der Waals surface area contributed by atoms with Gasteiger partial charge in [0.25, 0.3) is 0 Å². The molecule has 6 heavy (non-hydrogen) atoms. The molecule has 0 aliphatic carbocycles. The van der Waals surface area contributed by atoms with Crippen LogP contribution in [0.4, 0.5) is 0 Å². The van der Waals surface area contributed by atoms with Crippen molar-refractivity contribution in [3.05, 3.63) is 0 Å². The van der Waals surface area contributed by atoms with E-state index in [1.165, 1.54) is 0 Å². The summed E-state index contributed by atoms with van der Waals surface area (Å²) in [6.07, 6.45) is 0. The first kappa shape index (κ1) is 15.7. The Bertz CT molecular complexity index is 30.5. The fourth-order valence-corrected chi connectivity index (χ4v) is 0. The molecular weight excluding hydrogens is 166 g/mol. The van der Waals surface area contributed by atoms with Crippen molar-refractivity contribution in [2.45, 2.75) is 0 Å². The Hall–Kier alpha value is 1.20. The first-order chi connectivity index (χ1) is 1.73. The van der Waals surface area contributed by atoms with Gasteiger partial charge in [-0.25, -0.2) is 0 Å². The van der Waals surface area contributed by atoms with Crippen LogP contribution in [0.3, 0.4) is 0 Å². The molecule has 0 aromatic heterocycles. The summed E-state index contributed by atoms with van der Waals surface area (Å²) in [5, 5.41) is 0. The standard InChI is InChI=1S/Na.H2O3Se.H2O.H/c;1-4(2)3;;/h;(H2,1,2,3);1H2;. The Labute approximate surface area is 61.5 Å². The molecule has 36 valence electrons. The van der Waals surface area contributed by atoms with Crippen LogP contribution in [0.5, 0.6) is 0 Å². The van der Waals surface area contributed by atoms with Crippen LogP contribution in [-0.2, 0) is 3.83 Å². The van der Waals surface area contributed by atoms with E-state index >= 15 is 0 Å². The van der Waals surface area contributed by atoms with E-state index in [0.717, 1.165) is 0 Å². The van der Waals surface area contributed by atoms with E-state index in [4.69, 9.17) is 12.2 Å². The van der Waals surface area contributed by atoms with Crippen molar-refractivity contribution in [1.82, 2.24) is 0 Å². The van der Waals surface area contributed by atoms with Crippen LogP contribution in [0.2, 0.25) is 0 Å². The van der Waals surface area contributed by atoms with Crippen LogP contribution >= 0.6 is 0 Å². The normalized spacial score (nSPS) is 5.83. The Morgan fingerprint density at radius 3 is 1.33 bits per heavy atom. The topological polar surface area (TPSA) is 89.0 Å². The molecule has 0 fully saturated rings. The van der Waals surface area contributed by atoms with E-state index in [0.29, 0.717) is 0 Å². The van der Waals surface area contributed by atoms with Crippen molar-refractivity contribution in [2.24, 2.45) is 0 Å². The summed E-state index contributed by atoms with van der Waals surface area (Å²) in [4.78, 5) is 0. The van der Waals surface area contributed by atoms with Crippen molar-refractivity contribution in [3.63, 3.8) is 0 Å². The van der Waals surface area contributed by atoms with Crippen LogP contribution in [0.1, 0.15) is 0 Å². The molecule has 0 radical (unpaired) electrons. The molecular formula is H5NaO4Se. The quantitative estimate of drug-likeness (QED) is 0.378. The van der Waals surface area contributed by atoms with E-state index in [1.54, 1.807) is 0 Å². The zero-order valence-electron chi connectivity index (χ0n) is 2.21. The van der Waals surface area contributed by atoms with E-state index in [1.807, 2.05) is 0 Å². The van der Waals surface area contributed by atoms with Gasteiger partial charge in [-0.3, -0.25) is 0 Å². The van der Waals surface area contributed by atoms with Gasteiger partial charge in [-0.2, -0.15) is 0 Å². The van der Waals surface area contributed by atoms with Gasteiger partial charge in [0, 0.05) is 0 Å². The summed E-state index contributed by atoms with van der Waals surface area (Å²) in [7, 11) is 0. The molecule has 0 saturated carbocycles. The number of rotatable bonds is 0. The summed E-state index contributed by atoms with van der Waals surface area (Å²) in [5.41, 5.74) is 0. The summed E-state index contributed by atoms with van der Waals surface area (Å²) in [5.74, 6) is 0. The molecule has 0 aliphatic heterocycles. The molecule has 0 amide bonds. The SMILES string of the molecule is O.O=[Se](O)O.[NaH]. The first-order valence-corrected chi connectivity index (χ1v) is 2.76. The maximum absolute atomic E-state index is 8.76. The third-order valence-electron chi connectivity index (χ3n) is 0. The second kappa shape index (κ2) is 9.50. The Morgan fingerprint density at radius 1 is 1.33 bits per heavy atom. The third kappa shape index (κ3) is 63.7. The zero-order chi connectivity index (χ0) is 3.58. The van der Waals surface area contributed by atoms with Gasteiger partial charge >= 0.3 is 56.3 Å². The van der Waals surface area contributed by atoms with E-state index in [2.05, 4.69) is 0 Å². The monoisotopic (exact) mass is 172 g/mol. The summed E-state index contributed by atoms with van der Waals surface area (Å²) in [6, 6.07) is 0. The fraction of sp³-hybridized carbons (Fsp3) is 0. The van der Waals surface area contributed by atoms with Gasteiger partial charge in [-0.05, 0) is 0 Å². The van der Waals surface area contributed by atoms with Crippen molar-refractivity contribution in [1.29, 1.82) is 0 Å². The van der Waals surface area contributed by atoms with Gasteiger partial charge in [0.2, 0.25) is 0 Å². The van der Waals surface area contributed by atoms with Gasteiger partial charge in [-0.15, -0.1) is 0 Å². The molecule has 0 spiro atoms. The molecule has 0 saturated heterocycles. The predicted octanol–water partition coefficient (Wildman–Crippen LogP) is -3.09. The first-order valence-electron chi connectivity index (χ1n) is 0.532. The molecule has 0 rings (SSSR count). The molecule has 0 heterocycles. The van der Waals surface area contributed by atoms with Crippen LogP contribution in [0, 0.1) is 0 Å². The van der Waals surface area contributed by atoms with E-state index < -0.39 is 14.5 Å². The molecule has 4 nitrogen and oxygen atoms in total. The maximum atomic E-state index is 8.76. The minimum absolute atomic E-state index is 0. The Morgan fingerprint density at radius 2 is 1.33 bits per heavy atom. The second-order valence-corrected chi connectivity index (χ2v) is 1.20. The molecule has 0 aromatic rings. The molecule has 6 heteroatoms. The van der Waals surface area contributed by atoms with Gasteiger partial charge in [0.05, 0.1) is 0 Å². The number of hydrogen-bond donors (Lipinski definition) is 2. The minimum atomic E-state index is -3.29. The van der Waals surface area contributed by atoms with Crippen molar-refractivity contribution in [2.75, 3.05) is 0 Å². The Balaban J connectivity index is -0.0000000450. The zero-order valence-corrected chi connectivity index (χ0v) is 3.92. The number of hydrogen-bond acceptors (Lipinski definition) is 1. The molecule has 0 aliphatic rings. The van der Waals surface area contributed by atoms with Crippen LogP contribution < -0.4 is 0 Å². The van der Waals surface area contributed by atoms with Crippen molar-refractivity contribution in [3.8, 4) is 0 Å². The molecule has 0 atom stereocenters. The third-order valence-corrected chi connectivity index (χ3v) is 0. The van der Waals surface area contributed by atoms with E-state index in [-0.39, 0.29) is 35.0 Å². The molecule has 0 aromatic carbocycles. The van der Waals surface area contributed by atoms with Gasteiger partial charge in [-0.1, -0.05) is 0 Å². The van der Waals surface area contributed by atoms with Crippen LogP contribution in [0.25, 0.3) is 0 Å². The van der Waals surface area contributed by atoms with Crippen molar-refractivity contribution >= 4 is 44.0 Å². The van der Waals surface area contributed by atoms with Crippen LogP contribution in [0.15, 0.2) is 0 Å². The summed E-state index contributed by atoms with van der Waals surface area (Å²) >= 11 is -3.29.